The van der Waals surface area contributed by atoms with Crippen molar-refractivity contribution < 1.29 is 9.90 Å². The van der Waals surface area contributed by atoms with Gasteiger partial charge in [-0.05, 0) is 6.07 Å². The van der Waals surface area contributed by atoms with Crippen LogP contribution in [0.4, 0.5) is 0 Å². The van der Waals surface area contributed by atoms with Crippen molar-refractivity contribution in [1.29, 1.82) is 0 Å². The molecular weight excluding hydrogens is 266 g/mol. The van der Waals surface area contributed by atoms with Gasteiger partial charge < -0.3 is 10.1 Å². The zero-order chi connectivity index (χ0) is 13.4. The van der Waals surface area contributed by atoms with E-state index in [0.29, 0.717) is 27.3 Å². The lowest BCUT2D eigenvalue weighted by atomic mass is 10.1. The van der Waals surface area contributed by atoms with Crippen molar-refractivity contribution in [2.45, 2.75) is 0 Å². The van der Waals surface area contributed by atoms with Crippen molar-refractivity contribution in [3.05, 3.63) is 47.4 Å². The number of aromatic carboxylic acids is 1. The highest BCUT2D eigenvalue weighted by molar-refractivity contribution is 6.33. The van der Waals surface area contributed by atoms with Crippen LogP contribution in [0.3, 0.4) is 0 Å². The van der Waals surface area contributed by atoms with Crippen molar-refractivity contribution >= 4 is 28.6 Å². The predicted octanol–water partition coefficient (Wildman–Crippen LogP) is 2.98. The van der Waals surface area contributed by atoms with Gasteiger partial charge in [0.1, 0.15) is 12.0 Å². The number of carboxylic acids is 1. The van der Waals surface area contributed by atoms with Crippen LogP contribution in [-0.2, 0) is 0 Å². The van der Waals surface area contributed by atoms with E-state index in [0.717, 1.165) is 0 Å². The van der Waals surface area contributed by atoms with Crippen LogP contribution < -0.4 is 0 Å². The predicted molar refractivity (Wildman–Crippen MR) is 71.3 cm³/mol. The maximum Gasteiger partial charge on any atom is 0.338 e. The van der Waals surface area contributed by atoms with Crippen LogP contribution >= 0.6 is 11.6 Å². The molecule has 2 aromatic heterocycles. The molecule has 0 saturated carbocycles. The summed E-state index contributed by atoms with van der Waals surface area (Å²) in [5.74, 6) is -1.03. The fourth-order valence-electron chi connectivity index (χ4n) is 1.99. The average Bonchev–Trinajstić information content (AvgIpc) is 2.83. The number of fused-ring (bicyclic) bond motifs is 1. The summed E-state index contributed by atoms with van der Waals surface area (Å²) in [5.41, 5.74) is 1.79. The van der Waals surface area contributed by atoms with Crippen molar-refractivity contribution in [3.8, 4) is 11.3 Å². The van der Waals surface area contributed by atoms with Crippen LogP contribution in [-0.4, -0.2) is 26.0 Å². The van der Waals surface area contributed by atoms with E-state index in [1.54, 1.807) is 18.2 Å². The van der Waals surface area contributed by atoms with E-state index in [1.165, 1.54) is 12.5 Å². The zero-order valence-electron chi connectivity index (χ0n) is 9.59. The van der Waals surface area contributed by atoms with Crippen LogP contribution in [0.2, 0.25) is 5.02 Å². The Morgan fingerprint density at radius 1 is 1.26 bits per heavy atom. The smallest absolute Gasteiger partial charge is 0.338 e. The second-order valence-corrected chi connectivity index (χ2v) is 4.34. The summed E-state index contributed by atoms with van der Waals surface area (Å²) in [6.07, 6.45) is 2.78. The monoisotopic (exact) mass is 273 g/mol. The normalized spacial score (nSPS) is 10.8. The molecule has 0 aliphatic heterocycles. The van der Waals surface area contributed by atoms with Crippen LogP contribution in [0.1, 0.15) is 10.4 Å². The summed E-state index contributed by atoms with van der Waals surface area (Å²) < 4.78 is 0. The van der Waals surface area contributed by atoms with Gasteiger partial charge in [-0.1, -0.05) is 29.8 Å². The van der Waals surface area contributed by atoms with Gasteiger partial charge in [-0.15, -0.1) is 0 Å². The summed E-state index contributed by atoms with van der Waals surface area (Å²) >= 11 is 6.14. The lowest BCUT2D eigenvalue weighted by molar-refractivity contribution is 0.0699. The maximum atomic E-state index is 11.2. The molecule has 3 rings (SSSR count). The number of carbonyl (C=O) groups is 1. The van der Waals surface area contributed by atoms with Crippen LogP contribution in [0.15, 0.2) is 36.8 Å². The highest BCUT2D eigenvalue weighted by Crippen LogP contribution is 2.32. The van der Waals surface area contributed by atoms with Crippen LogP contribution in [0.25, 0.3) is 22.3 Å². The largest absolute Gasteiger partial charge is 0.478 e. The van der Waals surface area contributed by atoms with Crippen molar-refractivity contribution in [2.24, 2.45) is 0 Å². The first kappa shape index (κ1) is 11.7. The number of aromatic nitrogens is 3. The van der Waals surface area contributed by atoms with Crippen molar-refractivity contribution in [1.82, 2.24) is 15.0 Å². The number of nitrogens with one attached hydrogen (secondary N) is 1. The maximum absolute atomic E-state index is 11.2. The van der Waals surface area contributed by atoms with Gasteiger partial charge in [-0.25, -0.2) is 14.8 Å². The van der Waals surface area contributed by atoms with Gasteiger partial charge in [0.25, 0.3) is 0 Å². The Labute approximate surface area is 112 Å². The molecule has 0 atom stereocenters. The minimum absolute atomic E-state index is 0.130. The van der Waals surface area contributed by atoms with E-state index < -0.39 is 5.97 Å². The molecule has 0 fully saturated rings. The molecule has 0 saturated heterocycles. The first-order valence-corrected chi connectivity index (χ1v) is 5.86. The van der Waals surface area contributed by atoms with E-state index in [-0.39, 0.29) is 5.56 Å². The van der Waals surface area contributed by atoms with Gasteiger partial charge in [-0.2, -0.15) is 0 Å². The molecule has 0 spiro atoms. The summed E-state index contributed by atoms with van der Waals surface area (Å²) in [6.45, 7) is 0. The average molecular weight is 274 g/mol. The van der Waals surface area contributed by atoms with Crippen molar-refractivity contribution in [3.63, 3.8) is 0 Å². The molecule has 2 N–H and O–H groups in total. The minimum atomic E-state index is -1.03. The Bertz CT molecular complexity index is 782. The van der Waals surface area contributed by atoms with Gasteiger partial charge in [-0.3, -0.25) is 0 Å². The summed E-state index contributed by atoms with van der Waals surface area (Å²) in [6, 6.07) is 7.16. The van der Waals surface area contributed by atoms with Gasteiger partial charge in [0.05, 0.1) is 16.6 Å². The third-order valence-corrected chi connectivity index (χ3v) is 3.16. The van der Waals surface area contributed by atoms with Crippen LogP contribution in [0.5, 0.6) is 0 Å². The number of carboxylic acid groups (broad SMARTS) is 1. The Kier molecular flexibility index (Phi) is 2.68. The summed E-state index contributed by atoms with van der Waals surface area (Å²) in [4.78, 5) is 22.3. The molecular formula is C13H8ClN3O2. The van der Waals surface area contributed by atoms with Gasteiger partial charge >= 0.3 is 5.97 Å². The Morgan fingerprint density at radius 3 is 2.79 bits per heavy atom. The molecule has 0 aliphatic carbocycles. The minimum Gasteiger partial charge on any atom is -0.478 e. The Morgan fingerprint density at radius 2 is 2.05 bits per heavy atom. The first-order chi connectivity index (χ1) is 9.18. The molecule has 1 aromatic carbocycles. The molecule has 0 amide bonds. The molecule has 5 nitrogen and oxygen atoms in total. The molecule has 94 valence electrons. The number of rotatable bonds is 2. The Balaban J connectivity index is 2.38. The van der Waals surface area contributed by atoms with E-state index in [9.17, 15) is 9.90 Å². The number of halogens is 1. The fourth-order valence-corrected chi connectivity index (χ4v) is 2.21. The van der Waals surface area contributed by atoms with Gasteiger partial charge in [0, 0.05) is 16.8 Å². The molecule has 2 heterocycles. The number of hydrogen-bond donors (Lipinski definition) is 2. The molecule has 3 aromatic rings. The number of nitrogens with zero attached hydrogens (tertiary/aromatic N) is 2. The highest BCUT2D eigenvalue weighted by Gasteiger charge is 2.18. The Hall–Kier alpha value is -2.40. The van der Waals surface area contributed by atoms with Gasteiger partial charge in [0.2, 0.25) is 0 Å². The van der Waals surface area contributed by atoms with Crippen LogP contribution in [0, 0.1) is 0 Å². The molecule has 19 heavy (non-hydrogen) atoms. The highest BCUT2D eigenvalue weighted by atomic mass is 35.5. The van der Waals surface area contributed by atoms with Crippen molar-refractivity contribution in [2.75, 3.05) is 0 Å². The SMILES string of the molecule is O=C(O)c1c[nH]c2ncnc(-c3ccccc3Cl)c12. The summed E-state index contributed by atoms with van der Waals surface area (Å²) in [5, 5.41) is 10.2. The fraction of sp³-hybridized carbons (Fsp3) is 0. The molecule has 0 radical (unpaired) electrons. The zero-order valence-corrected chi connectivity index (χ0v) is 10.3. The molecule has 0 aliphatic rings. The van der Waals surface area contributed by atoms with Gasteiger partial charge in [0.15, 0.2) is 0 Å². The van der Waals surface area contributed by atoms with E-state index >= 15 is 0 Å². The molecule has 6 heteroatoms. The number of hydrogen-bond acceptors (Lipinski definition) is 3. The topological polar surface area (TPSA) is 78.9 Å². The second kappa shape index (κ2) is 4.37. The standard InChI is InChI=1S/C13H8ClN3O2/c14-9-4-2-1-3-7(9)11-10-8(13(18)19)5-15-12(10)17-6-16-11/h1-6H,(H,18,19)(H,15,16,17). The molecule has 0 bridgehead atoms. The molecule has 0 unspecified atom stereocenters. The number of aromatic amines is 1. The lowest BCUT2D eigenvalue weighted by Gasteiger charge is -2.05. The number of benzene rings is 1. The van der Waals surface area contributed by atoms with E-state index in [2.05, 4.69) is 15.0 Å². The lowest BCUT2D eigenvalue weighted by Crippen LogP contribution is -1.97. The third kappa shape index (κ3) is 1.84. The second-order valence-electron chi connectivity index (χ2n) is 3.93. The summed E-state index contributed by atoms with van der Waals surface area (Å²) in [7, 11) is 0. The van der Waals surface area contributed by atoms with E-state index in [1.807, 2.05) is 6.07 Å². The third-order valence-electron chi connectivity index (χ3n) is 2.83. The van der Waals surface area contributed by atoms with E-state index in [4.69, 9.17) is 11.6 Å². The quantitative estimate of drug-likeness (QED) is 0.752. The first-order valence-electron chi connectivity index (χ1n) is 5.49. The number of H-pyrrole nitrogens is 1.